The molecule has 0 aromatic carbocycles. The van der Waals surface area contributed by atoms with E-state index in [-0.39, 0.29) is 0 Å². The van der Waals surface area contributed by atoms with Gasteiger partial charge >= 0.3 is 0 Å². The van der Waals surface area contributed by atoms with Gasteiger partial charge in [-0.15, -0.1) is 0 Å². The maximum atomic E-state index is 4.49. The number of aromatic nitrogens is 3. The van der Waals surface area contributed by atoms with Gasteiger partial charge in [0.2, 0.25) is 0 Å². The van der Waals surface area contributed by atoms with Crippen molar-refractivity contribution in [2.24, 2.45) is 11.8 Å². The molecular formula is C15H18N4. The topological polar surface area (TPSA) is 42.7 Å². The number of hydrogen-bond acceptors (Lipinski definition) is 3. The van der Waals surface area contributed by atoms with Crippen molar-refractivity contribution >= 4 is 5.69 Å². The van der Waals surface area contributed by atoms with Gasteiger partial charge in [0, 0.05) is 18.4 Å². The molecule has 0 bridgehead atoms. The first-order valence-electron chi connectivity index (χ1n) is 7.11. The third-order valence-electron chi connectivity index (χ3n) is 4.11. The van der Waals surface area contributed by atoms with Crippen LogP contribution in [0, 0.1) is 11.8 Å². The third kappa shape index (κ3) is 2.35. The molecular weight excluding hydrogens is 236 g/mol. The van der Waals surface area contributed by atoms with Crippen LogP contribution in [0.4, 0.5) is 5.69 Å². The van der Waals surface area contributed by atoms with Crippen LogP contribution in [-0.4, -0.2) is 20.6 Å². The number of anilines is 1. The predicted octanol–water partition coefficient (Wildman–Crippen LogP) is 2.87. The molecule has 0 aliphatic heterocycles. The Bertz CT molecular complexity index is 526. The lowest BCUT2D eigenvalue weighted by Crippen LogP contribution is -2.24. The van der Waals surface area contributed by atoms with E-state index in [4.69, 9.17) is 0 Å². The smallest absolute Gasteiger partial charge is 0.137 e. The first-order valence-corrected chi connectivity index (χ1v) is 7.11. The average molecular weight is 254 g/mol. The number of hydrogen-bond donors (Lipinski definition) is 1. The van der Waals surface area contributed by atoms with Gasteiger partial charge in [0.1, 0.15) is 12.1 Å². The van der Waals surface area contributed by atoms with Crippen molar-refractivity contribution < 1.29 is 0 Å². The Kier molecular flexibility index (Phi) is 2.53. The first kappa shape index (κ1) is 11.0. The molecule has 4 nitrogen and oxygen atoms in total. The minimum atomic E-state index is 0.681. The highest BCUT2D eigenvalue weighted by Crippen LogP contribution is 2.45. The molecule has 2 aromatic rings. The molecule has 2 fully saturated rings. The van der Waals surface area contributed by atoms with Crippen molar-refractivity contribution in [1.29, 1.82) is 0 Å². The number of nitrogens with zero attached hydrogens (tertiary/aromatic N) is 3. The van der Waals surface area contributed by atoms with Crippen LogP contribution in [0.2, 0.25) is 0 Å². The van der Waals surface area contributed by atoms with Gasteiger partial charge in [0.15, 0.2) is 0 Å². The van der Waals surface area contributed by atoms with Crippen LogP contribution in [0.3, 0.4) is 0 Å². The molecule has 2 aromatic heterocycles. The van der Waals surface area contributed by atoms with Crippen LogP contribution in [-0.2, 0) is 0 Å². The molecule has 2 aliphatic carbocycles. The molecule has 4 rings (SSSR count). The summed E-state index contributed by atoms with van der Waals surface area (Å²) in [5, 5.41) is 3.69. The average Bonchev–Trinajstić information content (AvgIpc) is 3.37. The molecule has 2 saturated carbocycles. The molecule has 0 spiro atoms. The highest BCUT2D eigenvalue weighted by molar-refractivity contribution is 5.45. The van der Waals surface area contributed by atoms with E-state index >= 15 is 0 Å². The van der Waals surface area contributed by atoms with Crippen LogP contribution in [0.15, 0.2) is 37.1 Å². The Balaban J connectivity index is 1.49. The first-order chi connectivity index (χ1) is 9.40. The van der Waals surface area contributed by atoms with Crippen molar-refractivity contribution in [3.8, 4) is 5.82 Å². The normalized spacial score (nSPS) is 18.8. The lowest BCUT2D eigenvalue weighted by atomic mass is 10.1. The van der Waals surface area contributed by atoms with Crippen LogP contribution in [0.25, 0.3) is 5.82 Å². The summed E-state index contributed by atoms with van der Waals surface area (Å²) >= 11 is 0. The lowest BCUT2D eigenvalue weighted by molar-refractivity contribution is 0.567. The Hall–Kier alpha value is -1.84. The second-order valence-corrected chi connectivity index (χ2v) is 5.72. The Morgan fingerprint density at radius 2 is 1.95 bits per heavy atom. The van der Waals surface area contributed by atoms with Gasteiger partial charge in [-0.2, -0.15) is 0 Å². The molecule has 98 valence electrons. The minimum absolute atomic E-state index is 0.681. The second kappa shape index (κ2) is 4.37. The summed E-state index contributed by atoms with van der Waals surface area (Å²) in [4.78, 5) is 8.53. The van der Waals surface area contributed by atoms with Gasteiger partial charge in [-0.05, 0) is 49.7 Å². The van der Waals surface area contributed by atoms with Gasteiger partial charge < -0.3 is 5.32 Å². The predicted molar refractivity (Wildman–Crippen MR) is 74.2 cm³/mol. The Morgan fingerprint density at radius 3 is 2.47 bits per heavy atom. The van der Waals surface area contributed by atoms with E-state index in [0.717, 1.165) is 23.3 Å². The van der Waals surface area contributed by atoms with Gasteiger partial charge in [0.05, 0.1) is 11.9 Å². The van der Waals surface area contributed by atoms with Crippen molar-refractivity contribution in [2.45, 2.75) is 31.7 Å². The summed E-state index contributed by atoms with van der Waals surface area (Å²) in [6.07, 6.45) is 13.0. The molecule has 0 saturated heterocycles. The van der Waals surface area contributed by atoms with Gasteiger partial charge in [-0.1, -0.05) is 0 Å². The molecule has 0 atom stereocenters. The molecule has 0 amide bonds. The van der Waals surface area contributed by atoms with Crippen molar-refractivity contribution in [2.75, 3.05) is 5.32 Å². The largest absolute Gasteiger partial charge is 0.381 e. The molecule has 1 N–H and O–H groups in total. The summed E-state index contributed by atoms with van der Waals surface area (Å²) in [7, 11) is 0. The summed E-state index contributed by atoms with van der Waals surface area (Å²) in [5.74, 6) is 2.72. The maximum Gasteiger partial charge on any atom is 0.137 e. The van der Waals surface area contributed by atoms with Crippen LogP contribution < -0.4 is 5.32 Å². The summed E-state index contributed by atoms with van der Waals surface area (Å²) in [6.45, 7) is 0. The van der Waals surface area contributed by atoms with E-state index in [0.29, 0.717) is 6.04 Å². The SMILES string of the molecule is c1cn(-c2ccc(NC(C3CC3)C3CC3)cn2)cn1. The number of imidazole rings is 1. The fourth-order valence-corrected chi connectivity index (χ4v) is 2.74. The third-order valence-corrected chi connectivity index (χ3v) is 4.11. The van der Waals surface area contributed by atoms with Crippen molar-refractivity contribution in [3.05, 3.63) is 37.1 Å². The minimum Gasteiger partial charge on any atom is -0.381 e. The Labute approximate surface area is 112 Å². The summed E-state index contributed by atoms with van der Waals surface area (Å²) in [6, 6.07) is 4.85. The number of pyridine rings is 1. The molecule has 0 unspecified atom stereocenters. The highest BCUT2D eigenvalue weighted by atomic mass is 15.1. The highest BCUT2D eigenvalue weighted by Gasteiger charge is 2.41. The number of rotatable bonds is 5. The summed E-state index contributed by atoms with van der Waals surface area (Å²) < 4.78 is 1.92. The second-order valence-electron chi connectivity index (χ2n) is 5.72. The molecule has 19 heavy (non-hydrogen) atoms. The van der Waals surface area contributed by atoms with E-state index in [2.05, 4.69) is 21.4 Å². The zero-order chi connectivity index (χ0) is 12.7. The van der Waals surface area contributed by atoms with Gasteiger partial charge in [0.25, 0.3) is 0 Å². The van der Waals surface area contributed by atoms with Crippen LogP contribution in [0.5, 0.6) is 0 Å². The maximum absolute atomic E-state index is 4.49. The molecule has 2 aliphatic rings. The van der Waals surface area contributed by atoms with E-state index in [9.17, 15) is 0 Å². The summed E-state index contributed by atoms with van der Waals surface area (Å²) in [5.41, 5.74) is 1.15. The van der Waals surface area contributed by atoms with E-state index in [1.807, 2.05) is 23.0 Å². The molecule has 4 heteroatoms. The molecule has 0 radical (unpaired) electrons. The fraction of sp³-hybridized carbons (Fsp3) is 0.467. The van der Waals surface area contributed by atoms with Crippen molar-refractivity contribution in [1.82, 2.24) is 14.5 Å². The van der Waals surface area contributed by atoms with E-state index in [1.165, 1.54) is 25.7 Å². The van der Waals surface area contributed by atoms with E-state index < -0.39 is 0 Å². The quantitative estimate of drug-likeness (QED) is 0.892. The zero-order valence-electron chi connectivity index (χ0n) is 10.9. The van der Waals surface area contributed by atoms with Gasteiger partial charge in [-0.25, -0.2) is 9.97 Å². The van der Waals surface area contributed by atoms with Crippen LogP contribution >= 0.6 is 0 Å². The van der Waals surface area contributed by atoms with E-state index in [1.54, 1.807) is 12.5 Å². The standard InChI is InChI=1S/C15H18N4/c1-2-11(1)15(12-3-4-12)18-13-5-6-14(17-9-13)19-8-7-16-10-19/h5-12,15,18H,1-4H2. The van der Waals surface area contributed by atoms with Gasteiger partial charge in [-0.3, -0.25) is 4.57 Å². The van der Waals surface area contributed by atoms with Crippen LogP contribution in [0.1, 0.15) is 25.7 Å². The van der Waals surface area contributed by atoms with Crippen molar-refractivity contribution in [3.63, 3.8) is 0 Å². The monoisotopic (exact) mass is 254 g/mol. The Morgan fingerprint density at radius 1 is 1.16 bits per heavy atom. The molecule has 2 heterocycles. The fourth-order valence-electron chi connectivity index (χ4n) is 2.74. The zero-order valence-corrected chi connectivity index (χ0v) is 10.9. The number of nitrogens with one attached hydrogen (secondary N) is 1. The lowest BCUT2D eigenvalue weighted by Gasteiger charge is -2.18.